The number of pyridine rings is 1. The van der Waals surface area contributed by atoms with E-state index >= 15 is 4.39 Å². The van der Waals surface area contributed by atoms with Crippen molar-refractivity contribution >= 4 is 27.5 Å². The fourth-order valence-corrected chi connectivity index (χ4v) is 6.90. The normalized spacial score (nSPS) is 23.3. The van der Waals surface area contributed by atoms with Crippen LogP contribution in [0.25, 0.3) is 32.9 Å². The number of nitrogens with zero attached hydrogens (tertiary/aromatic N) is 5. The third-order valence-corrected chi connectivity index (χ3v) is 8.95. The number of hydrogen-bond donors (Lipinski definition) is 1. The van der Waals surface area contributed by atoms with Crippen molar-refractivity contribution in [1.29, 1.82) is 0 Å². The van der Waals surface area contributed by atoms with Gasteiger partial charge in [-0.3, -0.25) is 9.88 Å². The molecular formula is C32H31F2N5O2. The van der Waals surface area contributed by atoms with Gasteiger partial charge in [-0.15, -0.1) is 6.42 Å². The highest BCUT2D eigenvalue weighted by molar-refractivity contribution is 6.02. The Labute approximate surface area is 237 Å². The second kappa shape index (κ2) is 10.2. The monoisotopic (exact) mass is 555 g/mol. The smallest absolute Gasteiger partial charge is 0.319 e. The van der Waals surface area contributed by atoms with Gasteiger partial charge in [0.25, 0.3) is 0 Å². The molecule has 7 nitrogen and oxygen atoms in total. The summed E-state index contributed by atoms with van der Waals surface area (Å²) in [5, 5.41) is 12.2. The van der Waals surface area contributed by atoms with E-state index < -0.39 is 12.0 Å². The highest BCUT2D eigenvalue weighted by atomic mass is 19.1. The number of anilines is 1. The van der Waals surface area contributed by atoms with E-state index in [1.165, 1.54) is 0 Å². The number of halogens is 2. The first-order valence-corrected chi connectivity index (χ1v) is 14.3. The van der Waals surface area contributed by atoms with Crippen LogP contribution in [0.5, 0.6) is 6.01 Å². The zero-order chi connectivity index (χ0) is 28.1. The van der Waals surface area contributed by atoms with E-state index in [1.807, 2.05) is 41.3 Å². The number of ether oxygens (including phenoxy) is 1. The van der Waals surface area contributed by atoms with E-state index in [0.717, 1.165) is 30.2 Å². The molecule has 0 amide bonds. The minimum Gasteiger partial charge on any atom is -0.461 e. The maximum Gasteiger partial charge on any atom is 0.319 e. The molecule has 210 valence electrons. The highest BCUT2D eigenvalue weighted by Crippen LogP contribution is 2.41. The van der Waals surface area contributed by atoms with Crippen LogP contribution in [0.4, 0.5) is 14.6 Å². The molecule has 0 spiro atoms. The van der Waals surface area contributed by atoms with Crippen LogP contribution in [0.1, 0.15) is 37.7 Å². The SMILES string of the molecule is C#Cc1cccc2cccc(-c3ncc4c(N5CCC(O)CC5)nc(OC[C@@]56CCCN5C[C@H](F)C6)nc4c3F)c12. The Balaban J connectivity index is 1.35. The predicted octanol–water partition coefficient (Wildman–Crippen LogP) is 4.88. The largest absolute Gasteiger partial charge is 0.461 e. The lowest BCUT2D eigenvalue weighted by atomic mass is 9.95. The summed E-state index contributed by atoms with van der Waals surface area (Å²) in [4.78, 5) is 18.1. The number of aromatic nitrogens is 3. The molecule has 1 N–H and O–H groups in total. The molecule has 3 fully saturated rings. The Bertz CT molecular complexity index is 1680. The van der Waals surface area contributed by atoms with Crippen molar-refractivity contribution < 1.29 is 18.6 Å². The number of fused-ring (bicyclic) bond motifs is 3. The fraction of sp³-hybridized carbons (Fsp3) is 0.406. The predicted molar refractivity (Wildman–Crippen MR) is 154 cm³/mol. The number of rotatable bonds is 5. The Kier molecular flexibility index (Phi) is 6.48. The highest BCUT2D eigenvalue weighted by Gasteiger charge is 2.49. The molecule has 0 saturated carbocycles. The first kappa shape index (κ1) is 26.1. The fourth-order valence-electron chi connectivity index (χ4n) is 6.90. The van der Waals surface area contributed by atoms with Crippen LogP contribution in [-0.2, 0) is 0 Å². The maximum absolute atomic E-state index is 16.5. The molecule has 2 aromatic carbocycles. The second-order valence-corrected chi connectivity index (χ2v) is 11.4. The van der Waals surface area contributed by atoms with Gasteiger partial charge in [0.1, 0.15) is 29.8 Å². The standard InChI is InChI=1S/C32H31F2N5O2/c1-2-20-6-3-7-21-8-4-9-24(26(20)21)28-27(34)29-25(17-35-28)30(38-14-10-23(40)11-15-38)37-31(36-29)41-19-32-12-5-13-39(32)18-22(33)16-32/h1,3-4,6-9,17,22-23,40H,5,10-16,18-19H2/t22-,32+/m1/s1. The van der Waals surface area contributed by atoms with Crippen molar-refractivity contribution in [3.05, 3.63) is 54.0 Å². The number of aliphatic hydroxyl groups excluding tert-OH is 1. The average molecular weight is 556 g/mol. The van der Waals surface area contributed by atoms with Gasteiger partial charge >= 0.3 is 6.01 Å². The van der Waals surface area contributed by atoms with Gasteiger partial charge in [0.05, 0.1) is 17.0 Å². The van der Waals surface area contributed by atoms with Crippen molar-refractivity contribution in [2.24, 2.45) is 0 Å². The van der Waals surface area contributed by atoms with Gasteiger partial charge in [-0.2, -0.15) is 9.97 Å². The topological polar surface area (TPSA) is 74.6 Å². The van der Waals surface area contributed by atoms with Crippen molar-refractivity contribution in [3.63, 3.8) is 0 Å². The maximum atomic E-state index is 16.5. The zero-order valence-electron chi connectivity index (χ0n) is 22.7. The number of aliphatic hydroxyl groups is 1. The average Bonchev–Trinajstić information content (AvgIpc) is 3.51. The minimum absolute atomic E-state index is 0.0560. The third kappa shape index (κ3) is 4.46. The van der Waals surface area contributed by atoms with Gasteiger partial charge in [0, 0.05) is 48.8 Å². The van der Waals surface area contributed by atoms with Gasteiger partial charge in [-0.05, 0) is 43.7 Å². The van der Waals surface area contributed by atoms with Gasteiger partial charge < -0.3 is 14.7 Å². The number of alkyl halides is 1. The molecule has 3 saturated heterocycles. The van der Waals surface area contributed by atoms with Crippen molar-refractivity contribution in [1.82, 2.24) is 19.9 Å². The van der Waals surface area contributed by atoms with E-state index in [4.69, 9.17) is 16.1 Å². The van der Waals surface area contributed by atoms with Crippen LogP contribution in [0.2, 0.25) is 0 Å². The molecular weight excluding hydrogens is 524 g/mol. The minimum atomic E-state index is -0.883. The summed E-state index contributed by atoms with van der Waals surface area (Å²) < 4.78 is 37.1. The first-order chi connectivity index (χ1) is 20.0. The zero-order valence-corrected chi connectivity index (χ0v) is 22.7. The van der Waals surface area contributed by atoms with Gasteiger partial charge in [-0.25, -0.2) is 8.78 Å². The van der Waals surface area contributed by atoms with Crippen LogP contribution >= 0.6 is 0 Å². The molecule has 3 aliphatic heterocycles. The van der Waals surface area contributed by atoms with E-state index in [0.29, 0.717) is 61.2 Å². The van der Waals surface area contributed by atoms with Gasteiger partial charge in [0.2, 0.25) is 0 Å². The number of benzene rings is 2. The molecule has 7 rings (SSSR count). The van der Waals surface area contributed by atoms with Gasteiger partial charge in [0.15, 0.2) is 5.82 Å². The summed E-state index contributed by atoms with van der Waals surface area (Å²) in [5.74, 6) is 2.65. The van der Waals surface area contributed by atoms with Crippen LogP contribution in [0.15, 0.2) is 42.6 Å². The molecule has 0 aliphatic carbocycles. The Morgan fingerprint density at radius 2 is 1.93 bits per heavy atom. The number of piperidine rings is 1. The van der Waals surface area contributed by atoms with E-state index in [9.17, 15) is 9.50 Å². The summed E-state index contributed by atoms with van der Waals surface area (Å²) >= 11 is 0. The molecule has 5 heterocycles. The van der Waals surface area contributed by atoms with Gasteiger partial charge in [-0.1, -0.05) is 36.3 Å². The number of terminal acetylenes is 1. The summed E-state index contributed by atoms with van der Waals surface area (Å²) in [5.41, 5.74) is 1.10. The molecule has 9 heteroatoms. The summed E-state index contributed by atoms with van der Waals surface area (Å²) in [7, 11) is 0. The number of hydrogen-bond acceptors (Lipinski definition) is 7. The molecule has 0 bridgehead atoms. The summed E-state index contributed by atoms with van der Waals surface area (Å²) in [6, 6.07) is 11.3. The Morgan fingerprint density at radius 1 is 1.12 bits per heavy atom. The first-order valence-electron chi connectivity index (χ1n) is 14.3. The second-order valence-electron chi connectivity index (χ2n) is 11.4. The van der Waals surface area contributed by atoms with Crippen LogP contribution < -0.4 is 9.64 Å². The van der Waals surface area contributed by atoms with Crippen LogP contribution in [0.3, 0.4) is 0 Å². The third-order valence-electron chi connectivity index (χ3n) is 8.95. The quantitative estimate of drug-likeness (QED) is 0.352. The van der Waals surface area contributed by atoms with Crippen molar-refractivity contribution in [2.45, 2.75) is 49.9 Å². The van der Waals surface area contributed by atoms with E-state index in [2.05, 4.69) is 20.8 Å². The molecule has 3 aliphatic rings. The lowest BCUT2D eigenvalue weighted by Gasteiger charge is -2.32. The van der Waals surface area contributed by atoms with Crippen molar-refractivity contribution in [2.75, 3.05) is 37.7 Å². The lowest BCUT2D eigenvalue weighted by molar-refractivity contribution is 0.107. The molecule has 0 radical (unpaired) electrons. The summed E-state index contributed by atoms with van der Waals surface area (Å²) in [6.07, 6.45) is 9.56. The molecule has 2 atom stereocenters. The lowest BCUT2D eigenvalue weighted by Crippen LogP contribution is -2.43. The molecule has 41 heavy (non-hydrogen) atoms. The molecule has 2 aromatic heterocycles. The molecule has 4 aromatic rings. The Morgan fingerprint density at radius 3 is 2.73 bits per heavy atom. The van der Waals surface area contributed by atoms with Crippen molar-refractivity contribution in [3.8, 4) is 29.6 Å². The van der Waals surface area contributed by atoms with E-state index in [-0.39, 0.29) is 35.5 Å². The Hall–Kier alpha value is -3.87. The van der Waals surface area contributed by atoms with Crippen LogP contribution in [-0.4, -0.2) is 75.6 Å². The molecule has 0 unspecified atom stereocenters. The van der Waals surface area contributed by atoms with Crippen LogP contribution in [0, 0.1) is 18.2 Å². The van der Waals surface area contributed by atoms with E-state index in [1.54, 1.807) is 6.20 Å². The summed E-state index contributed by atoms with van der Waals surface area (Å²) in [6.45, 7) is 2.62.